The third-order valence-corrected chi connectivity index (χ3v) is 4.04. The largest absolute Gasteiger partial charge is 0.507 e. The van der Waals surface area contributed by atoms with Gasteiger partial charge in [0, 0.05) is 29.7 Å². The number of hydrogen-bond donors (Lipinski definition) is 1. The highest BCUT2D eigenvalue weighted by Gasteiger charge is 2.27. The fraction of sp³-hybridized carbons (Fsp3) is 0.533. The summed E-state index contributed by atoms with van der Waals surface area (Å²) in [6, 6.07) is 3.77. The molecule has 2 rings (SSSR count). The fourth-order valence-electron chi connectivity index (χ4n) is 2.87. The van der Waals surface area contributed by atoms with Crippen LogP contribution >= 0.6 is 11.6 Å². The number of phenolic OH excluding ortho intramolecular Hbond substituents is 1. The number of rotatable bonds is 3. The van der Waals surface area contributed by atoms with E-state index in [0.29, 0.717) is 29.1 Å². The molecule has 0 amide bonds. The van der Waals surface area contributed by atoms with Gasteiger partial charge in [-0.2, -0.15) is 0 Å². The predicted octanol–water partition coefficient (Wildman–Crippen LogP) is 3.48. The lowest BCUT2D eigenvalue weighted by Crippen LogP contribution is -2.26. The summed E-state index contributed by atoms with van der Waals surface area (Å²) in [5, 5.41) is 10.7. The van der Waals surface area contributed by atoms with Crippen molar-refractivity contribution >= 4 is 17.4 Å². The van der Waals surface area contributed by atoms with E-state index in [2.05, 4.69) is 18.7 Å². The van der Waals surface area contributed by atoms with Crippen molar-refractivity contribution in [2.24, 2.45) is 5.92 Å². The lowest BCUT2D eigenvalue weighted by atomic mass is 10.1. The van der Waals surface area contributed by atoms with Gasteiger partial charge in [-0.1, -0.05) is 18.5 Å². The quantitative estimate of drug-likeness (QED) is 0.863. The summed E-state index contributed by atoms with van der Waals surface area (Å²) in [7, 11) is 0. The molecule has 1 aromatic carbocycles. The molecule has 0 saturated carbocycles. The van der Waals surface area contributed by atoms with E-state index in [0.717, 1.165) is 12.1 Å². The molecule has 4 heteroatoms. The molecule has 19 heavy (non-hydrogen) atoms. The van der Waals surface area contributed by atoms with Crippen LogP contribution in [0.5, 0.6) is 5.75 Å². The number of hydrogen-bond acceptors (Lipinski definition) is 3. The number of likely N-dealkylation sites (tertiary alicyclic amines) is 1. The van der Waals surface area contributed by atoms with Gasteiger partial charge in [0.1, 0.15) is 5.75 Å². The van der Waals surface area contributed by atoms with Crippen molar-refractivity contribution in [3.63, 3.8) is 0 Å². The SMILES string of the molecule is CC(=O)c1cc(Cl)cc(CN2CC(C)CC2C)c1O. The number of aromatic hydroxyl groups is 1. The molecule has 0 spiro atoms. The molecule has 0 bridgehead atoms. The zero-order valence-electron chi connectivity index (χ0n) is 11.6. The molecule has 0 radical (unpaired) electrons. The van der Waals surface area contributed by atoms with Crippen LogP contribution in [-0.4, -0.2) is 28.4 Å². The van der Waals surface area contributed by atoms with E-state index in [4.69, 9.17) is 11.6 Å². The summed E-state index contributed by atoms with van der Waals surface area (Å²) in [5.74, 6) is 0.580. The first-order valence-electron chi connectivity index (χ1n) is 6.65. The maximum absolute atomic E-state index is 11.5. The van der Waals surface area contributed by atoms with E-state index in [-0.39, 0.29) is 11.5 Å². The van der Waals surface area contributed by atoms with Crippen molar-refractivity contribution in [3.8, 4) is 5.75 Å². The summed E-state index contributed by atoms with van der Waals surface area (Å²) < 4.78 is 0. The van der Waals surface area contributed by atoms with Crippen LogP contribution in [0.3, 0.4) is 0 Å². The first kappa shape index (κ1) is 14.4. The number of nitrogens with zero attached hydrogens (tertiary/aromatic N) is 1. The maximum atomic E-state index is 11.5. The van der Waals surface area contributed by atoms with E-state index in [1.807, 2.05) is 0 Å². The lowest BCUT2D eigenvalue weighted by molar-refractivity contribution is 0.101. The van der Waals surface area contributed by atoms with E-state index in [9.17, 15) is 9.90 Å². The second-order valence-corrected chi connectivity index (χ2v) is 6.07. The van der Waals surface area contributed by atoms with Crippen LogP contribution in [0.1, 0.15) is 43.1 Å². The molecule has 2 atom stereocenters. The molecule has 1 N–H and O–H groups in total. The third kappa shape index (κ3) is 3.10. The van der Waals surface area contributed by atoms with Gasteiger partial charge in [0.05, 0.1) is 5.56 Å². The normalized spacial score (nSPS) is 23.8. The van der Waals surface area contributed by atoms with Crippen molar-refractivity contribution in [1.82, 2.24) is 4.90 Å². The molecule has 1 saturated heterocycles. The van der Waals surface area contributed by atoms with Gasteiger partial charge >= 0.3 is 0 Å². The maximum Gasteiger partial charge on any atom is 0.163 e. The van der Waals surface area contributed by atoms with Crippen molar-refractivity contribution in [1.29, 1.82) is 0 Å². The number of ketones is 1. The van der Waals surface area contributed by atoms with Crippen molar-refractivity contribution in [2.75, 3.05) is 6.54 Å². The zero-order chi connectivity index (χ0) is 14.2. The van der Waals surface area contributed by atoms with Crippen LogP contribution in [0.4, 0.5) is 0 Å². The zero-order valence-corrected chi connectivity index (χ0v) is 12.4. The molecule has 1 aliphatic heterocycles. The van der Waals surface area contributed by atoms with Crippen molar-refractivity contribution < 1.29 is 9.90 Å². The molecular formula is C15H20ClNO2. The highest BCUT2D eigenvalue weighted by molar-refractivity contribution is 6.31. The Balaban J connectivity index is 2.28. The van der Waals surface area contributed by atoms with Gasteiger partial charge in [0.25, 0.3) is 0 Å². The second-order valence-electron chi connectivity index (χ2n) is 5.64. The Labute approximate surface area is 119 Å². The molecule has 104 valence electrons. The summed E-state index contributed by atoms with van der Waals surface area (Å²) in [6.45, 7) is 7.52. The fourth-order valence-corrected chi connectivity index (χ4v) is 3.11. The first-order valence-corrected chi connectivity index (χ1v) is 7.02. The predicted molar refractivity (Wildman–Crippen MR) is 76.8 cm³/mol. The molecule has 3 nitrogen and oxygen atoms in total. The number of Topliss-reactive ketones (excluding diaryl/α,β-unsaturated/α-hetero) is 1. The van der Waals surface area contributed by atoms with Crippen molar-refractivity contribution in [3.05, 3.63) is 28.3 Å². The molecule has 1 aliphatic rings. The lowest BCUT2D eigenvalue weighted by Gasteiger charge is -2.22. The molecule has 1 aromatic rings. The van der Waals surface area contributed by atoms with Crippen molar-refractivity contribution in [2.45, 2.75) is 39.8 Å². The smallest absolute Gasteiger partial charge is 0.163 e. The summed E-state index contributed by atoms with van der Waals surface area (Å²) in [6.07, 6.45) is 1.17. The second kappa shape index (κ2) is 5.51. The molecule has 0 aromatic heterocycles. The van der Waals surface area contributed by atoms with Gasteiger partial charge in [-0.25, -0.2) is 0 Å². The Morgan fingerprint density at radius 2 is 2.16 bits per heavy atom. The highest BCUT2D eigenvalue weighted by atomic mass is 35.5. The minimum absolute atomic E-state index is 0.0728. The standard InChI is InChI=1S/C15H20ClNO2/c1-9-4-10(2)17(7-9)8-12-5-13(16)6-14(11(3)18)15(12)19/h5-6,9-10,19H,4,7-8H2,1-3H3. The number of halogens is 1. The third-order valence-electron chi connectivity index (χ3n) is 3.82. The monoisotopic (exact) mass is 281 g/mol. The van der Waals surface area contributed by atoms with Gasteiger partial charge in [0.2, 0.25) is 0 Å². The average Bonchev–Trinajstić information content (AvgIpc) is 2.61. The van der Waals surface area contributed by atoms with E-state index >= 15 is 0 Å². The van der Waals surface area contributed by atoms with Crippen LogP contribution in [0.15, 0.2) is 12.1 Å². The Kier molecular flexibility index (Phi) is 4.16. The van der Waals surface area contributed by atoms with E-state index in [1.54, 1.807) is 6.07 Å². The Hall–Kier alpha value is -1.06. The number of phenols is 1. The highest BCUT2D eigenvalue weighted by Crippen LogP contribution is 2.31. The van der Waals surface area contributed by atoms with Crippen LogP contribution in [-0.2, 0) is 6.54 Å². The molecule has 1 fully saturated rings. The number of carbonyl (C=O) groups excluding carboxylic acids is 1. The topological polar surface area (TPSA) is 40.5 Å². The minimum Gasteiger partial charge on any atom is -0.507 e. The van der Waals surface area contributed by atoms with Gasteiger partial charge < -0.3 is 5.11 Å². The van der Waals surface area contributed by atoms with Gasteiger partial charge in [-0.05, 0) is 38.3 Å². The minimum atomic E-state index is -0.163. The van der Waals surface area contributed by atoms with Crippen LogP contribution < -0.4 is 0 Å². The van der Waals surface area contributed by atoms with Crippen LogP contribution in [0, 0.1) is 5.92 Å². The number of carbonyl (C=O) groups is 1. The molecule has 0 aliphatic carbocycles. The number of benzene rings is 1. The molecular weight excluding hydrogens is 262 g/mol. The Bertz CT molecular complexity index is 501. The molecule has 1 heterocycles. The van der Waals surface area contributed by atoms with Crippen LogP contribution in [0.25, 0.3) is 0 Å². The van der Waals surface area contributed by atoms with Gasteiger partial charge in [0.15, 0.2) is 5.78 Å². The van der Waals surface area contributed by atoms with Gasteiger partial charge in [-0.15, -0.1) is 0 Å². The molecule has 2 unspecified atom stereocenters. The van der Waals surface area contributed by atoms with Gasteiger partial charge in [-0.3, -0.25) is 9.69 Å². The Morgan fingerprint density at radius 3 is 2.68 bits per heavy atom. The summed E-state index contributed by atoms with van der Waals surface area (Å²) >= 11 is 6.03. The first-order chi connectivity index (χ1) is 8.88. The Morgan fingerprint density at radius 1 is 1.47 bits per heavy atom. The average molecular weight is 282 g/mol. The summed E-state index contributed by atoms with van der Waals surface area (Å²) in [4.78, 5) is 13.8. The van der Waals surface area contributed by atoms with E-state index in [1.165, 1.54) is 19.4 Å². The van der Waals surface area contributed by atoms with Crippen LogP contribution in [0.2, 0.25) is 5.02 Å². The van der Waals surface area contributed by atoms with E-state index < -0.39 is 0 Å². The summed E-state index contributed by atoms with van der Waals surface area (Å²) in [5.41, 5.74) is 1.04.